The van der Waals surface area contributed by atoms with Crippen molar-refractivity contribution < 1.29 is 19.1 Å². The van der Waals surface area contributed by atoms with Gasteiger partial charge >= 0.3 is 0 Å². The maximum Gasteiger partial charge on any atom is 0.254 e. The quantitative estimate of drug-likeness (QED) is 0.782. The molecule has 2 aromatic rings. The van der Waals surface area contributed by atoms with E-state index in [9.17, 15) is 9.59 Å². The average molecular weight is 380 g/mol. The Labute approximate surface area is 164 Å². The summed E-state index contributed by atoms with van der Waals surface area (Å²) in [5.74, 6) is 1.40. The Morgan fingerprint density at radius 1 is 1.00 bits per heavy atom. The summed E-state index contributed by atoms with van der Waals surface area (Å²) in [6.45, 7) is 2.54. The summed E-state index contributed by atoms with van der Waals surface area (Å²) in [5.41, 5.74) is 3.56. The van der Waals surface area contributed by atoms with Crippen LogP contribution >= 0.6 is 0 Å². The maximum atomic E-state index is 12.7. The topological polar surface area (TPSA) is 67.9 Å². The van der Waals surface area contributed by atoms with Gasteiger partial charge in [0.2, 0.25) is 0 Å². The minimum Gasteiger partial charge on any atom is -0.497 e. The summed E-state index contributed by atoms with van der Waals surface area (Å²) in [6, 6.07) is 11.4. The van der Waals surface area contributed by atoms with Crippen molar-refractivity contribution in [3.8, 4) is 11.5 Å². The Morgan fingerprint density at radius 3 is 2.57 bits per heavy atom. The van der Waals surface area contributed by atoms with Gasteiger partial charge in [0, 0.05) is 30.8 Å². The predicted octanol–water partition coefficient (Wildman–Crippen LogP) is 2.45. The van der Waals surface area contributed by atoms with Crippen LogP contribution in [-0.4, -0.2) is 50.1 Å². The van der Waals surface area contributed by atoms with Crippen molar-refractivity contribution >= 4 is 11.8 Å². The Hall–Kier alpha value is -3.02. The van der Waals surface area contributed by atoms with Crippen LogP contribution < -0.4 is 14.8 Å². The molecule has 0 aromatic heterocycles. The molecule has 0 atom stereocenters. The molecule has 6 heteroatoms. The lowest BCUT2D eigenvalue weighted by Gasteiger charge is -2.28. The molecule has 2 aliphatic heterocycles. The molecule has 0 spiro atoms. The standard InChI is InChI=1S/C22H24N2O4/c1-27-17-5-3-16-8-11-24(22(26)20(16)13-17)10-2-12-28-18-6-4-15-7-9-23-21(25)19(15)14-18/h3-6,13-14H,2,7-12H2,1H3,(H,23,25). The molecule has 0 bridgehead atoms. The third-order valence-electron chi connectivity index (χ3n) is 5.33. The number of amides is 2. The van der Waals surface area contributed by atoms with Crippen molar-refractivity contribution in [2.24, 2.45) is 0 Å². The van der Waals surface area contributed by atoms with E-state index in [1.165, 1.54) is 0 Å². The minimum atomic E-state index is -0.0419. The summed E-state index contributed by atoms with van der Waals surface area (Å²) < 4.78 is 11.1. The van der Waals surface area contributed by atoms with E-state index in [1.807, 2.05) is 35.2 Å². The molecule has 2 heterocycles. The molecule has 0 unspecified atom stereocenters. The van der Waals surface area contributed by atoms with Crippen LogP contribution in [0, 0.1) is 0 Å². The number of ether oxygens (including phenoxy) is 2. The van der Waals surface area contributed by atoms with E-state index < -0.39 is 0 Å². The van der Waals surface area contributed by atoms with Crippen molar-refractivity contribution in [1.29, 1.82) is 0 Å². The van der Waals surface area contributed by atoms with Gasteiger partial charge in [-0.15, -0.1) is 0 Å². The first-order valence-corrected chi connectivity index (χ1v) is 9.66. The molecule has 2 amide bonds. The van der Waals surface area contributed by atoms with Crippen LogP contribution in [0.3, 0.4) is 0 Å². The second-order valence-corrected chi connectivity index (χ2v) is 7.09. The smallest absolute Gasteiger partial charge is 0.254 e. The van der Waals surface area contributed by atoms with E-state index in [1.54, 1.807) is 13.2 Å². The van der Waals surface area contributed by atoms with Crippen molar-refractivity contribution in [3.63, 3.8) is 0 Å². The van der Waals surface area contributed by atoms with Gasteiger partial charge in [-0.05, 0) is 54.7 Å². The molecule has 0 aliphatic carbocycles. The molecule has 0 radical (unpaired) electrons. The van der Waals surface area contributed by atoms with E-state index in [2.05, 4.69) is 5.32 Å². The van der Waals surface area contributed by atoms with Crippen LogP contribution in [-0.2, 0) is 12.8 Å². The first kappa shape index (κ1) is 18.3. The predicted molar refractivity (Wildman–Crippen MR) is 105 cm³/mol. The van der Waals surface area contributed by atoms with Gasteiger partial charge in [-0.25, -0.2) is 0 Å². The van der Waals surface area contributed by atoms with Gasteiger partial charge < -0.3 is 19.7 Å². The highest BCUT2D eigenvalue weighted by Gasteiger charge is 2.24. The lowest BCUT2D eigenvalue weighted by molar-refractivity contribution is 0.0730. The van der Waals surface area contributed by atoms with Crippen LogP contribution in [0.25, 0.3) is 0 Å². The molecule has 2 aliphatic rings. The van der Waals surface area contributed by atoms with Crippen molar-refractivity contribution in [2.45, 2.75) is 19.3 Å². The van der Waals surface area contributed by atoms with E-state index in [0.29, 0.717) is 36.8 Å². The zero-order valence-electron chi connectivity index (χ0n) is 16.0. The molecule has 1 N–H and O–H groups in total. The number of rotatable bonds is 6. The van der Waals surface area contributed by atoms with Crippen LogP contribution in [0.1, 0.15) is 38.3 Å². The number of methoxy groups -OCH3 is 1. The van der Waals surface area contributed by atoms with Crippen LogP contribution in [0.4, 0.5) is 0 Å². The maximum absolute atomic E-state index is 12.7. The fourth-order valence-corrected chi connectivity index (χ4v) is 3.77. The summed E-state index contributed by atoms with van der Waals surface area (Å²) >= 11 is 0. The third-order valence-corrected chi connectivity index (χ3v) is 5.33. The summed E-state index contributed by atoms with van der Waals surface area (Å²) in [4.78, 5) is 26.5. The monoisotopic (exact) mass is 380 g/mol. The van der Waals surface area contributed by atoms with E-state index >= 15 is 0 Å². The normalized spacial score (nSPS) is 15.5. The Balaban J connectivity index is 1.32. The van der Waals surface area contributed by atoms with E-state index in [-0.39, 0.29) is 11.8 Å². The lowest BCUT2D eigenvalue weighted by Crippen LogP contribution is -2.38. The number of fused-ring (bicyclic) bond motifs is 2. The number of nitrogens with one attached hydrogen (secondary N) is 1. The third kappa shape index (κ3) is 3.67. The van der Waals surface area contributed by atoms with Crippen LogP contribution in [0.15, 0.2) is 36.4 Å². The largest absolute Gasteiger partial charge is 0.497 e. The molecule has 0 saturated carbocycles. The molecule has 6 nitrogen and oxygen atoms in total. The highest BCUT2D eigenvalue weighted by molar-refractivity contribution is 5.97. The molecule has 0 fully saturated rings. The van der Waals surface area contributed by atoms with Crippen molar-refractivity contribution in [1.82, 2.24) is 10.2 Å². The molecule has 146 valence electrons. The number of carbonyl (C=O) groups excluding carboxylic acids is 2. The first-order valence-electron chi connectivity index (χ1n) is 9.66. The molecule has 28 heavy (non-hydrogen) atoms. The SMILES string of the molecule is COc1ccc2c(c1)C(=O)N(CCCOc1ccc3c(c1)C(=O)NCC3)CC2. The Kier molecular flexibility index (Phi) is 5.19. The van der Waals surface area contributed by atoms with Crippen LogP contribution in [0.5, 0.6) is 11.5 Å². The van der Waals surface area contributed by atoms with E-state index in [4.69, 9.17) is 9.47 Å². The first-order chi connectivity index (χ1) is 13.7. The number of hydrogen-bond donors (Lipinski definition) is 1. The fourth-order valence-electron chi connectivity index (χ4n) is 3.77. The highest BCUT2D eigenvalue weighted by Crippen LogP contribution is 2.24. The number of hydrogen-bond acceptors (Lipinski definition) is 4. The molecular weight excluding hydrogens is 356 g/mol. The fraction of sp³-hybridized carbons (Fsp3) is 0.364. The van der Waals surface area contributed by atoms with Crippen LogP contribution in [0.2, 0.25) is 0 Å². The summed E-state index contributed by atoms with van der Waals surface area (Å²) in [6.07, 6.45) is 2.44. The van der Waals surface area contributed by atoms with Gasteiger partial charge in [0.1, 0.15) is 11.5 Å². The molecule has 0 saturated heterocycles. The summed E-state index contributed by atoms with van der Waals surface area (Å²) in [7, 11) is 1.61. The molecule has 4 rings (SSSR count). The Bertz CT molecular complexity index is 909. The van der Waals surface area contributed by atoms with Crippen molar-refractivity contribution in [2.75, 3.05) is 33.4 Å². The van der Waals surface area contributed by atoms with Crippen molar-refractivity contribution in [3.05, 3.63) is 58.7 Å². The number of nitrogens with zero attached hydrogens (tertiary/aromatic N) is 1. The van der Waals surface area contributed by atoms with Gasteiger partial charge in [0.05, 0.1) is 13.7 Å². The highest BCUT2D eigenvalue weighted by atomic mass is 16.5. The zero-order chi connectivity index (χ0) is 19.5. The second-order valence-electron chi connectivity index (χ2n) is 7.09. The van der Waals surface area contributed by atoms with Gasteiger partial charge in [0.25, 0.3) is 11.8 Å². The number of benzene rings is 2. The second kappa shape index (κ2) is 7.92. The van der Waals surface area contributed by atoms with Gasteiger partial charge in [0.15, 0.2) is 0 Å². The zero-order valence-corrected chi connectivity index (χ0v) is 16.0. The summed E-state index contributed by atoms with van der Waals surface area (Å²) in [5, 5.41) is 2.85. The minimum absolute atomic E-state index is 0.0419. The Morgan fingerprint density at radius 2 is 1.75 bits per heavy atom. The van der Waals surface area contributed by atoms with Gasteiger partial charge in [-0.2, -0.15) is 0 Å². The van der Waals surface area contributed by atoms with Gasteiger partial charge in [-0.1, -0.05) is 12.1 Å². The lowest BCUT2D eigenvalue weighted by atomic mass is 9.98. The molecular formula is C22H24N2O4. The van der Waals surface area contributed by atoms with Gasteiger partial charge in [-0.3, -0.25) is 9.59 Å². The van der Waals surface area contributed by atoms with E-state index in [0.717, 1.165) is 42.5 Å². The molecule has 2 aromatic carbocycles. The average Bonchev–Trinajstić information content (AvgIpc) is 2.73. The number of carbonyl (C=O) groups is 2.